The standard InChI is InChI=1S/C13H17BN3.C10H12BN2.C7H15N.C2H6B.5C2H6.CH3B.2Y/c1-3-11-10-15-12(9-14-2)16-13(11)17-7-5-4-6-8-17;1-4-8-7-12-10(6-11-3)13-9(8)5-2;1-2-8-6-4-3-5-7-8;1-3-2;6*1-2;;/h1,3H,4-9H2,2H3;1,4H,5-6H2,2-3H3;2-7H2,1H3;1-2H3;5*1-2H3;1H3;;/q2*-2;;;;;;;;;;. The Labute approximate surface area is 400 Å². The molecule has 307 valence electrons. The Hall–Kier alpha value is -0.132. The second kappa shape index (κ2) is 63.0. The summed E-state index contributed by atoms with van der Waals surface area (Å²) in [5, 5.41) is 0. The average molecular weight is 905 g/mol. The van der Waals surface area contributed by atoms with Gasteiger partial charge in [-0.3, -0.25) is 5.56 Å². The van der Waals surface area contributed by atoms with Crippen LogP contribution >= 0.6 is 0 Å². The van der Waals surface area contributed by atoms with Crippen LogP contribution in [0, 0.1) is 25.6 Å². The van der Waals surface area contributed by atoms with Crippen LogP contribution in [0.2, 0.25) is 34.1 Å². The van der Waals surface area contributed by atoms with Crippen molar-refractivity contribution in [3.63, 3.8) is 0 Å². The van der Waals surface area contributed by atoms with E-state index in [0.717, 1.165) is 66.4 Å². The molecule has 0 amide bonds. The molecule has 4 rings (SSSR count). The predicted molar refractivity (Wildman–Crippen MR) is 247 cm³/mol. The van der Waals surface area contributed by atoms with Crippen LogP contribution in [-0.4, -0.2) is 87.2 Å². The fourth-order valence-corrected chi connectivity index (χ4v) is 4.50. The summed E-state index contributed by atoms with van der Waals surface area (Å²) in [4.78, 5) is 22.0. The number of piperidine rings is 2. The summed E-state index contributed by atoms with van der Waals surface area (Å²) in [5.41, 5.74) is 2.59. The average Bonchev–Trinajstić information content (AvgIpc) is 3.26. The molecule has 2 aromatic heterocycles. The molecule has 0 aliphatic carbocycles. The summed E-state index contributed by atoms with van der Waals surface area (Å²) < 4.78 is 0. The SMILES string of the molecule is CC.CC.CC.CC.CC.CCN1CCCCC1.C[B]C.[B]C.[CH-]=Cc1[c-]nc(C[B]C)nc1CC.[CH-]=Cc1[c-]nc(C[B]C)nc1N1CCCCC1.[Y].[Y]. The van der Waals surface area contributed by atoms with Crippen LogP contribution in [0.4, 0.5) is 5.82 Å². The van der Waals surface area contributed by atoms with Crippen LogP contribution in [0.25, 0.3) is 12.2 Å². The zero-order valence-corrected chi connectivity index (χ0v) is 45.0. The number of anilines is 1. The van der Waals surface area contributed by atoms with Crippen molar-refractivity contribution >= 4 is 47.7 Å². The predicted octanol–water partition coefficient (Wildman–Crippen LogP) is 11.1. The van der Waals surface area contributed by atoms with Gasteiger partial charge in [0.2, 0.25) is 0 Å². The van der Waals surface area contributed by atoms with E-state index in [1.165, 1.54) is 71.1 Å². The van der Waals surface area contributed by atoms with Gasteiger partial charge in [-0.1, -0.05) is 143 Å². The van der Waals surface area contributed by atoms with E-state index in [2.05, 4.69) is 64.2 Å². The maximum absolute atomic E-state index is 5.61. The van der Waals surface area contributed by atoms with Crippen molar-refractivity contribution in [2.24, 2.45) is 0 Å². The Bertz CT molecular complexity index is 996. The number of likely N-dealkylation sites (tertiary alicyclic amines) is 1. The van der Waals surface area contributed by atoms with Gasteiger partial charge in [-0.05, 0) is 57.6 Å². The van der Waals surface area contributed by atoms with Crippen LogP contribution in [0.3, 0.4) is 0 Å². The quantitative estimate of drug-likeness (QED) is 0.185. The molecule has 12 heteroatoms. The number of rotatable bonds is 9. The van der Waals surface area contributed by atoms with Crippen LogP contribution in [-0.2, 0) is 84.5 Å². The van der Waals surface area contributed by atoms with E-state index < -0.39 is 0 Å². The summed E-state index contributed by atoms with van der Waals surface area (Å²) in [5.74, 6) is 2.57. The minimum Gasteiger partial charge on any atom is -0.410 e. The molecule has 2 aromatic rings. The van der Waals surface area contributed by atoms with Crippen LogP contribution in [0.5, 0.6) is 0 Å². The van der Waals surface area contributed by atoms with Gasteiger partial charge in [0.05, 0.1) is 7.85 Å². The molecule has 2 aliphatic rings. The smallest absolute Gasteiger partial charge is 0.104 e. The van der Waals surface area contributed by atoms with Crippen molar-refractivity contribution in [1.82, 2.24) is 24.8 Å². The molecular formula is C43H83B4N6Y2-4. The molecule has 0 N–H and O–H groups in total. The van der Waals surface area contributed by atoms with E-state index in [4.69, 9.17) is 13.2 Å². The van der Waals surface area contributed by atoms with Gasteiger partial charge in [0.15, 0.2) is 0 Å². The molecule has 6 nitrogen and oxygen atoms in total. The topological polar surface area (TPSA) is 58.0 Å². The van der Waals surface area contributed by atoms with Crippen molar-refractivity contribution in [1.29, 1.82) is 0 Å². The third-order valence-corrected chi connectivity index (χ3v) is 6.65. The van der Waals surface area contributed by atoms with Crippen molar-refractivity contribution in [2.45, 2.75) is 175 Å². The van der Waals surface area contributed by atoms with Gasteiger partial charge in [0, 0.05) is 90.2 Å². The first kappa shape index (κ1) is 72.5. The summed E-state index contributed by atoms with van der Waals surface area (Å²) in [7, 11) is 10.6. The van der Waals surface area contributed by atoms with Crippen LogP contribution in [0.15, 0.2) is 0 Å². The fraction of sp³-hybridized carbons (Fsp3) is 0.721. The monoisotopic (exact) mass is 906 g/mol. The Morgan fingerprint density at radius 3 is 1.31 bits per heavy atom. The maximum Gasteiger partial charge on any atom is 0.104 e. The van der Waals surface area contributed by atoms with E-state index in [0.29, 0.717) is 0 Å². The van der Waals surface area contributed by atoms with Crippen molar-refractivity contribution in [3.8, 4) is 0 Å². The van der Waals surface area contributed by atoms with Crippen molar-refractivity contribution in [3.05, 3.63) is 54.0 Å². The van der Waals surface area contributed by atoms with Crippen LogP contribution in [0.1, 0.15) is 150 Å². The molecule has 0 atom stereocenters. The molecule has 7 radical (unpaired) electrons. The molecular weight excluding hydrogens is 822 g/mol. The zero-order chi connectivity index (χ0) is 42.3. The van der Waals surface area contributed by atoms with E-state index in [1.54, 1.807) is 6.08 Å². The first-order valence-electron chi connectivity index (χ1n) is 21.0. The molecule has 0 spiro atoms. The van der Waals surface area contributed by atoms with Gasteiger partial charge in [-0.15, -0.1) is 18.1 Å². The van der Waals surface area contributed by atoms with Crippen molar-refractivity contribution in [2.75, 3.05) is 37.6 Å². The first-order chi connectivity index (χ1) is 26.0. The van der Waals surface area contributed by atoms with E-state index in [-0.39, 0.29) is 65.4 Å². The Kier molecular flexibility index (Phi) is 83.1. The number of aryl methyl sites for hydroxylation is 1. The molecule has 0 saturated carbocycles. The molecule has 55 heavy (non-hydrogen) atoms. The molecule has 2 saturated heterocycles. The third kappa shape index (κ3) is 40.4. The Balaban J connectivity index is -0.0000000866. The van der Waals surface area contributed by atoms with Crippen LogP contribution < -0.4 is 4.90 Å². The van der Waals surface area contributed by atoms with Gasteiger partial charge < -0.3 is 55.0 Å². The minimum atomic E-state index is 0. The van der Waals surface area contributed by atoms with Gasteiger partial charge in [-0.2, -0.15) is 0 Å². The third-order valence-electron chi connectivity index (χ3n) is 6.65. The number of nitrogens with zero attached hydrogens (tertiary/aromatic N) is 6. The molecule has 0 unspecified atom stereocenters. The second-order valence-corrected chi connectivity index (χ2v) is 10.1. The molecule has 4 heterocycles. The van der Waals surface area contributed by atoms with Gasteiger partial charge >= 0.3 is 0 Å². The number of aromatic nitrogens is 4. The Morgan fingerprint density at radius 1 is 0.618 bits per heavy atom. The fourth-order valence-electron chi connectivity index (χ4n) is 4.50. The molecule has 0 bridgehead atoms. The molecule has 2 fully saturated rings. The Morgan fingerprint density at radius 2 is 0.982 bits per heavy atom. The van der Waals surface area contributed by atoms with Gasteiger partial charge in [-0.25, -0.2) is 5.56 Å². The van der Waals surface area contributed by atoms with Gasteiger partial charge in [0.25, 0.3) is 0 Å². The van der Waals surface area contributed by atoms with E-state index in [9.17, 15) is 0 Å². The summed E-state index contributed by atoms with van der Waals surface area (Å²) in [6.07, 6.45) is 19.4. The van der Waals surface area contributed by atoms with E-state index >= 15 is 0 Å². The summed E-state index contributed by atoms with van der Waals surface area (Å²) in [6, 6.07) is 0. The zero-order valence-electron chi connectivity index (χ0n) is 39.4. The molecule has 2 aliphatic heterocycles. The first-order valence-corrected chi connectivity index (χ1v) is 21.0. The summed E-state index contributed by atoms with van der Waals surface area (Å²) in [6.45, 7) is 50.8. The second-order valence-electron chi connectivity index (χ2n) is 10.1. The summed E-state index contributed by atoms with van der Waals surface area (Å²) >= 11 is 0. The number of hydrogen-bond donors (Lipinski definition) is 0. The largest absolute Gasteiger partial charge is 0.410 e. The van der Waals surface area contributed by atoms with E-state index in [1.807, 2.05) is 118 Å². The molecule has 0 aromatic carbocycles. The van der Waals surface area contributed by atoms with Gasteiger partial charge in [0.1, 0.15) is 21.8 Å². The maximum atomic E-state index is 5.61. The van der Waals surface area contributed by atoms with Crippen molar-refractivity contribution < 1.29 is 65.4 Å². The number of hydrogen-bond acceptors (Lipinski definition) is 6. The minimum absolute atomic E-state index is 0. The normalized spacial score (nSPS) is 11.5.